The zero-order chi connectivity index (χ0) is 62.2. The molecule has 25 heteroatoms. The van der Waals surface area contributed by atoms with Crippen molar-refractivity contribution in [3.8, 4) is 46.0 Å². The first-order valence-corrected chi connectivity index (χ1v) is 30.2. The Morgan fingerprint density at radius 2 is 0.918 bits per heavy atom. The van der Waals surface area contributed by atoms with Gasteiger partial charge in [0.1, 0.15) is 0 Å². The molecule has 0 bridgehead atoms. The van der Waals surface area contributed by atoms with Crippen LogP contribution >= 0.6 is 63.7 Å². The summed E-state index contributed by atoms with van der Waals surface area (Å²) in [5, 5.41) is 30.8. The number of aromatic amines is 1. The van der Waals surface area contributed by atoms with Crippen LogP contribution in [0.3, 0.4) is 0 Å². The molecule has 6 unspecified atom stereocenters. The number of aromatic nitrogens is 1. The molecule has 6 aliphatic rings. The second kappa shape index (κ2) is 26.1. The number of phenols is 2. The SMILES string of the molecule is COC(=O)c1cc(Br)c(O)c(O)c1C.COC(=O)c1cc(Br)c2c(c1C)OC(C)(C1CCOC1)O2.Cc1c(C(=O)O)cc(Br)c2c1OC(C)(C1CCOC1)O2.Cc1cc(C)c(CNC(=O)c2cc(Br)c3c(c2C)OC(C)(C2CCOC2)O3)c(=O)[nH]1. The van der Waals surface area contributed by atoms with Gasteiger partial charge in [-0.1, -0.05) is 0 Å². The summed E-state index contributed by atoms with van der Waals surface area (Å²) in [6.45, 7) is 20.3. The van der Waals surface area contributed by atoms with E-state index >= 15 is 0 Å². The van der Waals surface area contributed by atoms with Gasteiger partial charge in [0.15, 0.2) is 46.0 Å². The number of carboxylic acids is 1. The maximum Gasteiger partial charge on any atom is 0.338 e. The number of H-pyrrole nitrogens is 1. The molecular formula is C60H66Br4N2O19. The zero-order valence-corrected chi connectivity index (χ0v) is 54.9. The van der Waals surface area contributed by atoms with Gasteiger partial charge in [0.25, 0.3) is 28.8 Å². The third-order valence-electron chi connectivity index (χ3n) is 15.8. The van der Waals surface area contributed by atoms with Crippen LogP contribution in [0.15, 0.2) is 53.0 Å². The van der Waals surface area contributed by atoms with Gasteiger partial charge in [-0.15, -0.1) is 0 Å². The molecule has 0 aliphatic carbocycles. The van der Waals surface area contributed by atoms with E-state index < -0.39 is 35.3 Å². The number of aromatic hydroxyl groups is 2. The molecule has 5 aromatic rings. The van der Waals surface area contributed by atoms with E-state index in [2.05, 4.69) is 78.8 Å². The fourth-order valence-electron chi connectivity index (χ4n) is 10.6. The summed E-state index contributed by atoms with van der Waals surface area (Å²) in [7, 11) is 2.61. The van der Waals surface area contributed by atoms with Crippen LogP contribution in [-0.4, -0.2) is 115 Å². The highest BCUT2D eigenvalue weighted by atomic mass is 79.9. The molecule has 1 aromatic heterocycles. The molecular weight excluding hydrogens is 1370 g/mol. The van der Waals surface area contributed by atoms with Gasteiger partial charge >= 0.3 is 17.9 Å². The number of halogens is 4. The van der Waals surface area contributed by atoms with Crippen LogP contribution in [-0.2, 0) is 30.2 Å². The second-order valence-corrected chi connectivity index (χ2v) is 25.0. The zero-order valence-electron chi connectivity index (χ0n) is 48.6. The number of ether oxygens (including phenoxy) is 11. The van der Waals surface area contributed by atoms with Crippen LogP contribution in [0.4, 0.5) is 0 Å². The van der Waals surface area contributed by atoms with E-state index in [9.17, 15) is 39.3 Å². The normalized spacial score (nSPS) is 22.7. The van der Waals surface area contributed by atoms with Gasteiger partial charge in [-0.05, 0) is 160 Å². The Balaban J connectivity index is 0.000000153. The number of hydrogen-bond donors (Lipinski definition) is 5. The van der Waals surface area contributed by atoms with Crippen LogP contribution in [0.2, 0.25) is 0 Å². The Bertz CT molecular complexity index is 3520. The molecule has 6 aliphatic heterocycles. The van der Waals surface area contributed by atoms with Gasteiger partial charge in [0.05, 0.1) is 86.4 Å². The maximum atomic E-state index is 12.9. The quantitative estimate of drug-likeness (QED) is 0.0677. The number of carbonyl (C=O) groups excluding carboxylic acids is 3. The largest absolute Gasteiger partial charge is 0.504 e. The van der Waals surface area contributed by atoms with Crippen LogP contribution in [0, 0.1) is 59.3 Å². The fraction of sp³-hybridized carbons (Fsp3) is 0.450. The minimum absolute atomic E-state index is 0.115. The van der Waals surface area contributed by atoms with E-state index in [0.717, 1.165) is 42.7 Å². The van der Waals surface area contributed by atoms with Crippen molar-refractivity contribution in [1.29, 1.82) is 0 Å². The topological polar surface area (TPSA) is 275 Å². The lowest BCUT2D eigenvalue weighted by Crippen LogP contribution is -2.43. The van der Waals surface area contributed by atoms with Gasteiger partial charge < -0.3 is 77.7 Å². The summed E-state index contributed by atoms with van der Waals surface area (Å²) in [5.41, 5.74) is 5.65. The summed E-state index contributed by atoms with van der Waals surface area (Å²) >= 11 is 13.3. The van der Waals surface area contributed by atoms with Crippen molar-refractivity contribution < 1.29 is 86.6 Å². The number of amides is 1. The van der Waals surface area contributed by atoms with Crippen molar-refractivity contribution in [3.63, 3.8) is 0 Å². The lowest BCUT2D eigenvalue weighted by molar-refractivity contribution is -0.111. The van der Waals surface area contributed by atoms with Gasteiger partial charge in [-0.3, -0.25) is 9.59 Å². The smallest absolute Gasteiger partial charge is 0.338 e. The molecule has 0 saturated carbocycles. The number of phenolic OH excluding ortho intramolecular Hbond substituents is 2. The Hall–Kier alpha value is -6.09. The number of aromatic carboxylic acids is 1. The van der Waals surface area contributed by atoms with Crippen molar-refractivity contribution in [3.05, 3.63) is 120 Å². The number of esters is 2. The molecule has 458 valence electrons. The molecule has 0 radical (unpaired) electrons. The van der Waals surface area contributed by atoms with Crippen molar-refractivity contribution in [2.75, 3.05) is 53.9 Å². The van der Waals surface area contributed by atoms with Crippen LogP contribution in [0.25, 0.3) is 0 Å². The number of fused-ring (bicyclic) bond motifs is 3. The third-order valence-corrected chi connectivity index (χ3v) is 18.2. The number of rotatable bonds is 9. The molecule has 3 saturated heterocycles. The molecule has 3 fully saturated rings. The Morgan fingerprint density at radius 3 is 1.31 bits per heavy atom. The highest BCUT2D eigenvalue weighted by Crippen LogP contribution is 2.54. The molecule has 6 atom stereocenters. The van der Waals surface area contributed by atoms with E-state index in [1.54, 1.807) is 25.1 Å². The number of aryl methyl sites for hydroxylation is 2. The first kappa shape index (κ1) is 64.9. The minimum Gasteiger partial charge on any atom is -0.504 e. The molecule has 21 nitrogen and oxygen atoms in total. The first-order chi connectivity index (χ1) is 40.1. The number of nitrogens with one attached hydrogen (secondary N) is 2. The predicted molar refractivity (Wildman–Crippen MR) is 322 cm³/mol. The van der Waals surface area contributed by atoms with Crippen molar-refractivity contribution in [2.24, 2.45) is 17.8 Å². The lowest BCUT2D eigenvalue weighted by Gasteiger charge is -2.28. The van der Waals surface area contributed by atoms with E-state index in [4.69, 9.17) is 47.4 Å². The van der Waals surface area contributed by atoms with Crippen molar-refractivity contribution in [2.45, 2.75) is 105 Å². The highest BCUT2D eigenvalue weighted by Gasteiger charge is 2.50. The van der Waals surface area contributed by atoms with Crippen molar-refractivity contribution >= 4 is 87.5 Å². The third kappa shape index (κ3) is 13.3. The van der Waals surface area contributed by atoms with E-state index in [1.165, 1.54) is 27.2 Å². The Morgan fingerprint density at radius 1 is 0.553 bits per heavy atom. The van der Waals surface area contributed by atoms with Crippen molar-refractivity contribution in [1.82, 2.24) is 10.3 Å². The Labute approximate surface area is 524 Å². The van der Waals surface area contributed by atoms with E-state index in [1.807, 2.05) is 54.5 Å². The lowest BCUT2D eigenvalue weighted by atomic mass is 9.99. The van der Waals surface area contributed by atoms with Gasteiger partial charge in [-0.2, -0.15) is 0 Å². The number of hydrogen-bond acceptors (Lipinski definition) is 18. The number of carboxylic acid groups (broad SMARTS) is 1. The van der Waals surface area contributed by atoms with Gasteiger partial charge in [0.2, 0.25) is 0 Å². The van der Waals surface area contributed by atoms with Crippen LogP contribution in [0.1, 0.15) is 121 Å². The fourth-order valence-corrected chi connectivity index (χ4v) is 12.5. The molecule has 5 N–H and O–H groups in total. The average Bonchev–Trinajstić information content (AvgIpc) is 2.11. The molecule has 1 amide bonds. The standard InChI is InChI=1S/C22H25BrN2O5.C15H17BrO5.C14H15BrO5.C9H9BrO4/c1-11-7-12(2)25-21(27)16(11)9-24-20(26)15-8-17(23)19-18(13(15)3)29-22(4,30-19)14-5-6-28-10-14;1-8-10(14(17)18-3)6-11(16)13-12(8)20-15(2,21-13)9-4-5-19-7-9;1-7-9(13(16)17)5-10(15)12-11(7)19-14(2,20-12)8-3-4-18-6-8;1-4-5(9(13)14-2)3-6(10)8(12)7(4)11/h7-8,14H,5-6,9-10H2,1-4H3,(H,24,26)(H,25,27);6,9H,4-5,7H2,1-3H3;5,8H,3-4,6H2,1-2H3,(H,16,17);3,11-12H,1-2H3. The number of methoxy groups -OCH3 is 2. The summed E-state index contributed by atoms with van der Waals surface area (Å²) in [5.74, 6) is -1.32. The highest BCUT2D eigenvalue weighted by molar-refractivity contribution is 9.11. The minimum atomic E-state index is -0.979. The number of carbonyl (C=O) groups is 4. The first-order valence-electron chi connectivity index (χ1n) is 27.0. The Kier molecular flexibility index (Phi) is 19.9. The van der Waals surface area contributed by atoms with E-state index in [0.29, 0.717) is 109 Å². The van der Waals surface area contributed by atoms with Gasteiger partial charge in [-0.25, -0.2) is 14.4 Å². The van der Waals surface area contributed by atoms with Gasteiger partial charge in [0, 0.05) is 86.2 Å². The molecule has 0 spiro atoms. The number of pyridine rings is 1. The number of benzene rings is 4. The maximum absolute atomic E-state index is 12.9. The monoisotopic (exact) mass is 1430 g/mol. The van der Waals surface area contributed by atoms with E-state index in [-0.39, 0.29) is 68.4 Å². The second-order valence-electron chi connectivity index (χ2n) is 21.6. The summed E-state index contributed by atoms with van der Waals surface area (Å²) in [6, 6.07) is 8.28. The molecule has 85 heavy (non-hydrogen) atoms. The molecule has 7 heterocycles. The molecule has 11 rings (SSSR count). The summed E-state index contributed by atoms with van der Waals surface area (Å²) in [4.78, 5) is 62.2. The molecule has 4 aromatic carbocycles. The van der Waals surface area contributed by atoms with Crippen LogP contribution in [0.5, 0.6) is 46.0 Å². The average molecular weight is 1440 g/mol. The summed E-state index contributed by atoms with van der Waals surface area (Å²) in [6.07, 6.45) is 2.62. The summed E-state index contributed by atoms with van der Waals surface area (Å²) < 4.78 is 64.3. The predicted octanol–water partition coefficient (Wildman–Crippen LogP) is 11.5. The van der Waals surface area contributed by atoms with Crippen LogP contribution < -0.4 is 39.3 Å².